The lowest BCUT2D eigenvalue weighted by Gasteiger charge is -2.66. The maximum atomic E-state index is 12.7. The van der Waals surface area contributed by atoms with Crippen molar-refractivity contribution in [1.29, 1.82) is 0 Å². The highest BCUT2D eigenvalue weighted by molar-refractivity contribution is 5.95. The van der Waals surface area contributed by atoms with E-state index in [1.807, 2.05) is 12.3 Å². The minimum atomic E-state index is -0.421. The van der Waals surface area contributed by atoms with Crippen LogP contribution in [0.2, 0.25) is 0 Å². The van der Waals surface area contributed by atoms with Crippen LogP contribution in [-0.2, 0) is 4.79 Å². The van der Waals surface area contributed by atoms with Gasteiger partial charge in [-0.05, 0) is 72.0 Å². The topological polar surface area (TPSA) is 50.4 Å². The SMILES string of the molecule is CC1(C)C(=O)C=C[C@@]2(C)C3CC[C@]4(C)C(=CC[C@@H]4c4ccoc4)[C@@]3(C)[C@@H](O)C[C@H]12. The second kappa shape index (κ2) is 5.75. The molecule has 0 aliphatic heterocycles. The molecule has 156 valence electrons. The van der Waals surface area contributed by atoms with Crippen molar-refractivity contribution in [2.45, 2.75) is 72.3 Å². The first-order valence-corrected chi connectivity index (χ1v) is 11.2. The van der Waals surface area contributed by atoms with Crippen LogP contribution in [0, 0.1) is 33.5 Å². The molecule has 1 N–H and O–H groups in total. The molecule has 4 aliphatic carbocycles. The monoisotopic (exact) mass is 394 g/mol. The van der Waals surface area contributed by atoms with Gasteiger partial charge in [0.05, 0.1) is 18.6 Å². The summed E-state index contributed by atoms with van der Waals surface area (Å²) in [5.41, 5.74) is 2.04. The van der Waals surface area contributed by atoms with Gasteiger partial charge in [0, 0.05) is 10.8 Å². The van der Waals surface area contributed by atoms with Gasteiger partial charge in [-0.15, -0.1) is 0 Å². The zero-order valence-corrected chi connectivity index (χ0v) is 18.4. The normalized spacial score (nSPS) is 47.9. The lowest BCUT2D eigenvalue weighted by Crippen LogP contribution is -2.63. The van der Waals surface area contributed by atoms with Crippen LogP contribution in [0.4, 0.5) is 0 Å². The van der Waals surface area contributed by atoms with Crippen molar-refractivity contribution in [1.82, 2.24) is 0 Å². The minimum Gasteiger partial charge on any atom is -0.472 e. The maximum absolute atomic E-state index is 12.7. The molecule has 0 aromatic carbocycles. The van der Waals surface area contributed by atoms with Crippen LogP contribution in [0.3, 0.4) is 0 Å². The van der Waals surface area contributed by atoms with Crippen LogP contribution < -0.4 is 0 Å². The van der Waals surface area contributed by atoms with E-state index in [0.29, 0.717) is 18.3 Å². The molecule has 0 spiro atoms. The molecule has 29 heavy (non-hydrogen) atoms. The number of fused-ring (bicyclic) bond motifs is 5. The van der Waals surface area contributed by atoms with Crippen LogP contribution in [-0.4, -0.2) is 17.0 Å². The molecule has 4 aliphatic rings. The molecule has 2 saturated carbocycles. The van der Waals surface area contributed by atoms with E-state index >= 15 is 0 Å². The first-order valence-electron chi connectivity index (χ1n) is 11.2. The Hall–Kier alpha value is -1.61. The smallest absolute Gasteiger partial charge is 0.161 e. The van der Waals surface area contributed by atoms with Gasteiger partial charge in [-0.2, -0.15) is 0 Å². The third-order valence-electron chi connectivity index (χ3n) is 9.90. The van der Waals surface area contributed by atoms with Gasteiger partial charge < -0.3 is 9.52 Å². The van der Waals surface area contributed by atoms with E-state index in [9.17, 15) is 9.90 Å². The number of ketones is 1. The number of carbonyl (C=O) groups excluding carboxylic acids is 1. The van der Waals surface area contributed by atoms with E-state index < -0.39 is 11.5 Å². The zero-order chi connectivity index (χ0) is 20.8. The quantitative estimate of drug-likeness (QED) is 0.625. The van der Waals surface area contributed by atoms with Crippen LogP contribution in [0.15, 0.2) is 46.8 Å². The summed E-state index contributed by atoms with van der Waals surface area (Å²) in [7, 11) is 0. The average molecular weight is 395 g/mol. The van der Waals surface area contributed by atoms with Gasteiger partial charge >= 0.3 is 0 Å². The number of hydrogen-bond acceptors (Lipinski definition) is 3. The Morgan fingerprint density at radius 3 is 2.59 bits per heavy atom. The van der Waals surface area contributed by atoms with Crippen molar-refractivity contribution in [2.24, 2.45) is 33.5 Å². The first kappa shape index (κ1) is 19.4. The lowest BCUT2D eigenvalue weighted by atomic mass is 9.38. The van der Waals surface area contributed by atoms with Crippen molar-refractivity contribution < 1.29 is 14.3 Å². The predicted molar refractivity (Wildman–Crippen MR) is 113 cm³/mol. The first-order chi connectivity index (χ1) is 13.6. The number of furan rings is 1. The molecule has 5 rings (SSSR count). The summed E-state index contributed by atoms with van der Waals surface area (Å²) in [6.07, 6.45) is 13.6. The van der Waals surface area contributed by atoms with Crippen LogP contribution in [0.25, 0.3) is 0 Å². The second-order valence-electron chi connectivity index (χ2n) is 11.3. The van der Waals surface area contributed by atoms with E-state index in [1.165, 1.54) is 11.1 Å². The van der Waals surface area contributed by atoms with Crippen molar-refractivity contribution in [2.75, 3.05) is 0 Å². The summed E-state index contributed by atoms with van der Waals surface area (Å²) in [5.74, 6) is 1.15. The predicted octanol–water partition coefficient (Wildman–Crippen LogP) is 5.67. The van der Waals surface area contributed by atoms with Gasteiger partial charge in [-0.1, -0.05) is 52.3 Å². The fourth-order valence-electron chi connectivity index (χ4n) is 8.25. The molecule has 1 aromatic heterocycles. The molecular weight excluding hydrogens is 360 g/mol. The highest BCUT2D eigenvalue weighted by Crippen LogP contribution is 2.72. The van der Waals surface area contributed by atoms with Gasteiger partial charge in [0.2, 0.25) is 0 Å². The van der Waals surface area contributed by atoms with Crippen molar-refractivity contribution in [3.05, 3.63) is 48.0 Å². The van der Waals surface area contributed by atoms with Gasteiger partial charge in [-0.3, -0.25) is 4.79 Å². The molecule has 0 radical (unpaired) electrons. The van der Waals surface area contributed by atoms with E-state index in [1.54, 1.807) is 6.26 Å². The van der Waals surface area contributed by atoms with Crippen molar-refractivity contribution >= 4 is 5.78 Å². The Morgan fingerprint density at radius 2 is 1.90 bits per heavy atom. The van der Waals surface area contributed by atoms with Crippen LogP contribution >= 0.6 is 0 Å². The fourth-order valence-corrected chi connectivity index (χ4v) is 8.25. The molecule has 7 atom stereocenters. The molecule has 0 amide bonds. The highest BCUT2D eigenvalue weighted by atomic mass is 16.3. The van der Waals surface area contributed by atoms with Gasteiger partial charge in [0.15, 0.2) is 5.78 Å². The average Bonchev–Trinajstić information content (AvgIpc) is 3.29. The molecule has 3 nitrogen and oxygen atoms in total. The van der Waals surface area contributed by atoms with Crippen LogP contribution in [0.1, 0.15) is 71.8 Å². The standard InChI is InChI=1S/C26H34O3/c1-23(2)20-14-22(28)26(5)18-7-6-17(16-10-13-29-15-16)24(18,3)11-8-19(26)25(20,4)12-9-21(23)27/h7,9-10,12-13,15,17,19-20,22,28H,6,8,11,14H2,1-5H3/t17-,19?,20-,22+,24+,25+,26-/m1/s1. The molecule has 3 heteroatoms. The van der Waals surface area contributed by atoms with Gasteiger partial charge in [0.1, 0.15) is 0 Å². The van der Waals surface area contributed by atoms with Gasteiger partial charge in [-0.25, -0.2) is 0 Å². The third-order valence-corrected chi connectivity index (χ3v) is 9.90. The zero-order valence-electron chi connectivity index (χ0n) is 18.4. The molecule has 1 aromatic rings. The Labute approximate surface area is 174 Å². The summed E-state index contributed by atoms with van der Waals surface area (Å²) in [6.45, 7) is 11.2. The summed E-state index contributed by atoms with van der Waals surface area (Å²) in [4.78, 5) is 12.7. The number of aliphatic hydroxyl groups is 1. The number of carbonyl (C=O) groups is 1. The lowest BCUT2D eigenvalue weighted by molar-refractivity contribution is -0.163. The summed E-state index contributed by atoms with van der Waals surface area (Å²) >= 11 is 0. The van der Waals surface area contributed by atoms with Crippen LogP contribution in [0.5, 0.6) is 0 Å². The third kappa shape index (κ3) is 2.20. The van der Waals surface area contributed by atoms with Crippen molar-refractivity contribution in [3.63, 3.8) is 0 Å². The fraction of sp³-hybridized carbons (Fsp3) is 0.654. The van der Waals surface area contributed by atoms with E-state index in [2.05, 4.69) is 52.8 Å². The minimum absolute atomic E-state index is 0.0585. The summed E-state index contributed by atoms with van der Waals surface area (Å²) < 4.78 is 5.41. The molecule has 1 heterocycles. The molecule has 2 fully saturated rings. The van der Waals surface area contributed by atoms with Crippen molar-refractivity contribution in [3.8, 4) is 0 Å². The molecular formula is C26H34O3. The van der Waals surface area contributed by atoms with E-state index in [4.69, 9.17) is 4.42 Å². The summed E-state index contributed by atoms with van der Waals surface area (Å²) in [6, 6.07) is 2.10. The Bertz CT molecular complexity index is 906. The molecule has 1 unspecified atom stereocenters. The molecule has 0 saturated heterocycles. The highest BCUT2D eigenvalue weighted by Gasteiger charge is 2.67. The summed E-state index contributed by atoms with van der Waals surface area (Å²) in [5, 5.41) is 11.6. The number of allylic oxidation sites excluding steroid dienone is 3. The Balaban J connectivity index is 1.60. The maximum Gasteiger partial charge on any atom is 0.161 e. The molecule has 0 bridgehead atoms. The largest absolute Gasteiger partial charge is 0.472 e. The van der Waals surface area contributed by atoms with Gasteiger partial charge in [0.25, 0.3) is 0 Å². The van der Waals surface area contributed by atoms with E-state index in [0.717, 1.165) is 19.3 Å². The number of hydrogen-bond donors (Lipinski definition) is 1. The van der Waals surface area contributed by atoms with E-state index in [-0.39, 0.29) is 27.9 Å². The second-order valence-corrected chi connectivity index (χ2v) is 11.3. The Morgan fingerprint density at radius 1 is 1.14 bits per heavy atom. The number of rotatable bonds is 1. The Kier molecular flexibility index (Phi) is 3.84. The number of aliphatic hydroxyl groups excluding tert-OH is 1.